The highest BCUT2D eigenvalue weighted by molar-refractivity contribution is 7.89. The van der Waals surface area contributed by atoms with Crippen LogP contribution in [0.5, 0.6) is 0 Å². The quantitative estimate of drug-likeness (QED) is 0.674. The van der Waals surface area contributed by atoms with Crippen LogP contribution in [0.2, 0.25) is 0 Å². The van der Waals surface area contributed by atoms with Crippen molar-refractivity contribution in [2.24, 2.45) is 11.1 Å². The van der Waals surface area contributed by atoms with Gasteiger partial charge in [0, 0.05) is 24.8 Å². The molecule has 8 nitrogen and oxygen atoms in total. The van der Waals surface area contributed by atoms with E-state index in [1.165, 1.54) is 18.6 Å². The molecule has 0 aliphatic carbocycles. The van der Waals surface area contributed by atoms with E-state index in [9.17, 15) is 8.42 Å². The minimum absolute atomic E-state index is 0.0590. The Labute approximate surface area is 163 Å². The van der Waals surface area contributed by atoms with Crippen LogP contribution in [-0.4, -0.2) is 31.5 Å². The van der Waals surface area contributed by atoms with E-state index in [0.29, 0.717) is 17.2 Å². The summed E-state index contributed by atoms with van der Waals surface area (Å²) in [5.41, 5.74) is 2.09. The summed E-state index contributed by atoms with van der Waals surface area (Å²) in [5.74, 6) is 1.98. The summed E-state index contributed by atoms with van der Waals surface area (Å²) in [6, 6.07) is 7.98. The number of primary sulfonamides is 1. The molecule has 1 aliphatic heterocycles. The fourth-order valence-electron chi connectivity index (χ4n) is 3.53. The molecule has 1 aliphatic rings. The standard InChI is InChI=1S/C19H23N5O3S/c1-2-13-7-10-24(11-8-13)18-17-16(9-12-27-17)22-19(23-18)21-14-3-5-15(6-4-14)28(20,25)26/h3-6,9,12-13H,2,7-8,10-11H2,1H3,(H2,20,25,26)(H,21,22,23). The molecule has 148 valence electrons. The minimum atomic E-state index is -3.72. The van der Waals surface area contributed by atoms with Crippen LogP contribution in [0, 0.1) is 5.92 Å². The molecule has 0 bridgehead atoms. The van der Waals surface area contributed by atoms with Crippen LogP contribution in [-0.2, 0) is 10.0 Å². The van der Waals surface area contributed by atoms with Crippen LogP contribution in [0.25, 0.3) is 11.1 Å². The number of nitrogens with zero attached hydrogens (tertiary/aromatic N) is 3. The van der Waals surface area contributed by atoms with E-state index in [4.69, 9.17) is 9.56 Å². The van der Waals surface area contributed by atoms with Crippen molar-refractivity contribution in [3.63, 3.8) is 0 Å². The smallest absolute Gasteiger partial charge is 0.238 e. The van der Waals surface area contributed by atoms with Crippen molar-refractivity contribution in [3.8, 4) is 0 Å². The van der Waals surface area contributed by atoms with Crippen LogP contribution in [0.3, 0.4) is 0 Å². The molecule has 0 spiro atoms. The average Bonchev–Trinajstić information content (AvgIpc) is 3.16. The van der Waals surface area contributed by atoms with E-state index in [0.717, 1.165) is 43.2 Å². The molecule has 3 heterocycles. The molecule has 0 unspecified atom stereocenters. The molecule has 0 radical (unpaired) electrons. The van der Waals surface area contributed by atoms with E-state index < -0.39 is 10.0 Å². The maximum absolute atomic E-state index is 11.4. The Balaban J connectivity index is 1.61. The lowest BCUT2D eigenvalue weighted by atomic mass is 9.94. The van der Waals surface area contributed by atoms with Crippen molar-refractivity contribution in [2.45, 2.75) is 31.1 Å². The molecule has 4 rings (SSSR count). The first-order valence-corrected chi connectivity index (χ1v) is 10.9. The van der Waals surface area contributed by atoms with E-state index >= 15 is 0 Å². The zero-order chi connectivity index (χ0) is 19.7. The number of anilines is 3. The van der Waals surface area contributed by atoms with Gasteiger partial charge in [-0.05, 0) is 43.0 Å². The molecule has 3 N–H and O–H groups in total. The summed E-state index contributed by atoms with van der Waals surface area (Å²) in [7, 11) is -3.72. The molecule has 1 saturated heterocycles. The van der Waals surface area contributed by atoms with Gasteiger partial charge in [0.1, 0.15) is 5.52 Å². The molecule has 0 saturated carbocycles. The van der Waals surface area contributed by atoms with Gasteiger partial charge in [0.05, 0.1) is 11.2 Å². The topological polar surface area (TPSA) is 114 Å². The summed E-state index contributed by atoms with van der Waals surface area (Å²) >= 11 is 0. The highest BCUT2D eigenvalue weighted by Crippen LogP contribution is 2.31. The molecule has 1 aromatic carbocycles. The molecule has 0 atom stereocenters. The fourth-order valence-corrected chi connectivity index (χ4v) is 4.04. The normalized spacial score (nSPS) is 15.9. The zero-order valence-electron chi connectivity index (χ0n) is 15.6. The van der Waals surface area contributed by atoms with Gasteiger partial charge >= 0.3 is 0 Å². The predicted octanol–water partition coefficient (Wildman–Crippen LogP) is 3.24. The van der Waals surface area contributed by atoms with Gasteiger partial charge in [-0.25, -0.2) is 18.5 Å². The third-order valence-corrected chi connectivity index (χ3v) is 6.15. The Hall–Kier alpha value is -2.65. The molecule has 3 aromatic rings. The third kappa shape index (κ3) is 3.81. The second kappa shape index (κ2) is 7.40. The van der Waals surface area contributed by atoms with Crippen LogP contribution >= 0.6 is 0 Å². The first-order chi connectivity index (χ1) is 13.4. The van der Waals surface area contributed by atoms with Gasteiger partial charge in [-0.3, -0.25) is 0 Å². The van der Waals surface area contributed by atoms with E-state index in [-0.39, 0.29) is 4.90 Å². The number of sulfonamides is 1. The first kappa shape index (κ1) is 18.7. The van der Waals surface area contributed by atoms with E-state index in [1.54, 1.807) is 18.4 Å². The number of nitrogens with one attached hydrogen (secondary N) is 1. The van der Waals surface area contributed by atoms with Gasteiger partial charge < -0.3 is 14.6 Å². The summed E-state index contributed by atoms with van der Waals surface area (Å²) < 4.78 is 28.4. The largest absolute Gasteiger partial charge is 0.459 e. The number of benzene rings is 1. The second-order valence-corrected chi connectivity index (χ2v) is 8.60. The number of nitrogens with two attached hydrogens (primary N) is 1. The molecular formula is C19H23N5O3S. The van der Waals surface area contributed by atoms with Crippen molar-refractivity contribution in [1.82, 2.24) is 9.97 Å². The monoisotopic (exact) mass is 401 g/mol. The molecule has 2 aromatic heterocycles. The fraction of sp³-hybridized carbons (Fsp3) is 0.368. The maximum Gasteiger partial charge on any atom is 0.238 e. The lowest BCUT2D eigenvalue weighted by Crippen LogP contribution is -2.34. The highest BCUT2D eigenvalue weighted by atomic mass is 32.2. The number of hydrogen-bond donors (Lipinski definition) is 2. The molecule has 0 amide bonds. The van der Waals surface area contributed by atoms with Gasteiger partial charge in [-0.2, -0.15) is 4.98 Å². The summed E-state index contributed by atoms with van der Waals surface area (Å²) in [4.78, 5) is 11.5. The SMILES string of the molecule is CCC1CCN(c2nc(Nc3ccc(S(N)(=O)=O)cc3)nc3ccoc23)CC1. The second-order valence-electron chi connectivity index (χ2n) is 7.04. The van der Waals surface area contributed by atoms with Gasteiger partial charge in [-0.1, -0.05) is 13.3 Å². The van der Waals surface area contributed by atoms with Crippen LogP contribution in [0.4, 0.5) is 17.5 Å². The van der Waals surface area contributed by atoms with Crippen molar-refractivity contribution in [1.29, 1.82) is 0 Å². The first-order valence-electron chi connectivity index (χ1n) is 9.34. The number of fused-ring (bicyclic) bond motifs is 1. The van der Waals surface area contributed by atoms with E-state index in [2.05, 4.69) is 27.1 Å². The average molecular weight is 401 g/mol. The predicted molar refractivity (Wildman–Crippen MR) is 108 cm³/mol. The number of piperidine rings is 1. The van der Waals surface area contributed by atoms with Gasteiger partial charge in [0.25, 0.3) is 0 Å². The highest BCUT2D eigenvalue weighted by Gasteiger charge is 2.23. The summed E-state index contributed by atoms with van der Waals surface area (Å²) in [6.45, 7) is 4.11. The summed E-state index contributed by atoms with van der Waals surface area (Å²) in [5, 5.41) is 8.28. The van der Waals surface area contributed by atoms with Crippen LogP contribution < -0.4 is 15.4 Å². The Kier molecular flexibility index (Phi) is 4.94. The van der Waals surface area contributed by atoms with Crippen molar-refractivity contribution in [3.05, 3.63) is 36.6 Å². The zero-order valence-corrected chi connectivity index (χ0v) is 16.4. The Morgan fingerprint density at radius 3 is 2.54 bits per heavy atom. The van der Waals surface area contributed by atoms with Gasteiger partial charge in [-0.15, -0.1) is 0 Å². The Bertz CT molecular complexity index is 1070. The maximum atomic E-state index is 11.4. The minimum Gasteiger partial charge on any atom is -0.459 e. The molecule has 1 fully saturated rings. The number of furan rings is 1. The summed E-state index contributed by atoms with van der Waals surface area (Å²) in [6.07, 6.45) is 5.10. The van der Waals surface area contributed by atoms with Crippen molar-refractivity contribution in [2.75, 3.05) is 23.3 Å². The Morgan fingerprint density at radius 1 is 1.18 bits per heavy atom. The molecule has 28 heavy (non-hydrogen) atoms. The van der Waals surface area contributed by atoms with E-state index in [1.807, 2.05) is 6.07 Å². The molecule has 9 heteroatoms. The lowest BCUT2D eigenvalue weighted by molar-refractivity contribution is 0.393. The molecular weight excluding hydrogens is 378 g/mol. The van der Waals surface area contributed by atoms with Gasteiger partial charge in [0.15, 0.2) is 11.4 Å². The van der Waals surface area contributed by atoms with Crippen molar-refractivity contribution >= 4 is 38.6 Å². The third-order valence-electron chi connectivity index (χ3n) is 5.22. The van der Waals surface area contributed by atoms with Crippen LogP contribution in [0.15, 0.2) is 45.9 Å². The Morgan fingerprint density at radius 2 is 1.89 bits per heavy atom. The number of rotatable bonds is 5. The number of hydrogen-bond acceptors (Lipinski definition) is 7. The van der Waals surface area contributed by atoms with Crippen LogP contribution in [0.1, 0.15) is 26.2 Å². The van der Waals surface area contributed by atoms with Gasteiger partial charge in [0.2, 0.25) is 16.0 Å². The lowest BCUT2D eigenvalue weighted by Gasteiger charge is -2.32. The van der Waals surface area contributed by atoms with Crippen molar-refractivity contribution < 1.29 is 12.8 Å². The number of aromatic nitrogens is 2.